The Kier molecular flexibility index (Phi) is 2.40. The molecule has 1 N–H and O–H groups in total. The molecule has 2 nitrogen and oxygen atoms in total. The van der Waals surface area contributed by atoms with E-state index in [1.165, 1.54) is 12.8 Å². The topological polar surface area (TPSA) is 25.2 Å². The summed E-state index contributed by atoms with van der Waals surface area (Å²) in [5.74, 6) is 1.55. The highest BCUT2D eigenvalue weighted by Gasteiger charge is 2.26. The van der Waals surface area contributed by atoms with Crippen molar-refractivity contribution in [3.05, 3.63) is 24.2 Å². The molecule has 1 fully saturated rings. The van der Waals surface area contributed by atoms with E-state index in [0.717, 1.165) is 11.8 Å². The first-order valence-electron chi connectivity index (χ1n) is 5.07. The number of hydrogen-bond donors (Lipinski definition) is 1. The maximum atomic E-state index is 5.38. The maximum Gasteiger partial charge on any atom is 0.108 e. The predicted octanol–water partition coefficient (Wildman–Crippen LogP) is 2.52. The summed E-state index contributed by atoms with van der Waals surface area (Å²) in [6, 6.07) is 5.29. The fourth-order valence-corrected chi connectivity index (χ4v) is 1.56. The van der Waals surface area contributed by atoms with E-state index in [4.69, 9.17) is 4.42 Å². The first-order valence-corrected chi connectivity index (χ1v) is 5.07. The van der Waals surface area contributed by atoms with Gasteiger partial charge in [-0.15, -0.1) is 0 Å². The van der Waals surface area contributed by atoms with Gasteiger partial charge in [-0.1, -0.05) is 6.92 Å². The maximum absolute atomic E-state index is 5.38. The van der Waals surface area contributed by atoms with E-state index in [0.29, 0.717) is 12.0 Å². The van der Waals surface area contributed by atoms with Crippen molar-refractivity contribution in [3.8, 4) is 0 Å². The van der Waals surface area contributed by atoms with E-state index in [9.17, 15) is 0 Å². The van der Waals surface area contributed by atoms with Crippen LogP contribution in [-0.4, -0.2) is 12.1 Å². The fraction of sp³-hybridized carbons (Fsp3) is 0.636. The average molecular weight is 179 g/mol. The molecule has 2 rings (SSSR count). The Labute approximate surface area is 79.3 Å². The van der Waals surface area contributed by atoms with Crippen LogP contribution in [0.25, 0.3) is 0 Å². The van der Waals surface area contributed by atoms with Gasteiger partial charge in [0.15, 0.2) is 0 Å². The summed E-state index contributed by atoms with van der Waals surface area (Å²) >= 11 is 0. The second-order valence-corrected chi connectivity index (χ2v) is 4.03. The molecule has 0 radical (unpaired) electrons. The standard InChI is InChI=1S/C11H17NO/c1-8(11-4-3-7-13-11)9(2)12-10-5-6-10/h3-4,7-10,12H,5-6H2,1-2H3. The van der Waals surface area contributed by atoms with Crippen molar-refractivity contribution in [1.29, 1.82) is 0 Å². The molecule has 1 heterocycles. The van der Waals surface area contributed by atoms with Gasteiger partial charge in [0.05, 0.1) is 6.26 Å². The molecule has 1 aliphatic carbocycles. The molecular weight excluding hydrogens is 162 g/mol. The Morgan fingerprint density at radius 2 is 2.23 bits per heavy atom. The van der Waals surface area contributed by atoms with E-state index >= 15 is 0 Å². The molecule has 2 atom stereocenters. The summed E-state index contributed by atoms with van der Waals surface area (Å²) in [4.78, 5) is 0. The third-order valence-electron chi connectivity index (χ3n) is 2.82. The van der Waals surface area contributed by atoms with Crippen LogP contribution in [0.2, 0.25) is 0 Å². The van der Waals surface area contributed by atoms with Gasteiger partial charge in [-0.25, -0.2) is 0 Å². The number of hydrogen-bond acceptors (Lipinski definition) is 2. The quantitative estimate of drug-likeness (QED) is 0.768. The lowest BCUT2D eigenvalue weighted by Gasteiger charge is -2.19. The fourth-order valence-electron chi connectivity index (χ4n) is 1.56. The van der Waals surface area contributed by atoms with Gasteiger partial charge in [-0.3, -0.25) is 0 Å². The zero-order valence-corrected chi connectivity index (χ0v) is 8.29. The molecule has 1 aromatic rings. The molecule has 0 saturated heterocycles. The van der Waals surface area contributed by atoms with Crippen LogP contribution in [0.5, 0.6) is 0 Å². The summed E-state index contributed by atoms with van der Waals surface area (Å²) < 4.78 is 5.38. The van der Waals surface area contributed by atoms with Crippen molar-refractivity contribution in [2.45, 2.75) is 44.7 Å². The molecule has 0 spiro atoms. The van der Waals surface area contributed by atoms with E-state index in [-0.39, 0.29) is 0 Å². The molecule has 1 saturated carbocycles. The molecule has 1 aromatic heterocycles. The van der Waals surface area contributed by atoms with Crippen molar-refractivity contribution < 1.29 is 4.42 Å². The first-order chi connectivity index (χ1) is 6.27. The highest BCUT2D eigenvalue weighted by molar-refractivity contribution is 5.07. The number of furan rings is 1. The van der Waals surface area contributed by atoms with Crippen LogP contribution in [0, 0.1) is 0 Å². The van der Waals surface area contributed by atoms with Crippen molar-refractivity contribution in [2.24, 2.45) is 0 Å². The van der Waals surface area contributed by atoms with Gasteiger partial charge in [0.1, 0.15) is 5.76 Å². The largest absolute Gasteiger partial charge is 0.469 e. The molecule has 13 heavy (non-hydrogen) atoms. The Bertz CT molecular complexity index is 251. The van der Waals surface area contributed by atoms with Crippen LogP contribution in [0.3, 0.4) is 0 Å². The zero-order chi connectivity index (χ0) is 9.26. The molecule has 0 bridgehead atoms. The Balaban J connectivity index is 1.91. The average Bonchev–Trinajstić information content (AvgIpc) is 2.78. The van der Waals surface area contributed by atoms with Gasteiger partial charge < -0.3 is 9.73 Å². The third kappa shape index (κ3) is 2.13. The molecule has 72 valence electrons. The van der Waals surface area contributed by atoms with Crippen molar-refractivity contribution in [3.63, 3.8) is 0 Å². The molecular formula is C11H17NO. The minimum absolute atomic E-state index is 0.468. The van der Waals surface area contributed by atoms with E-state index in [1.54, 1.807) is 6.26 Å². The second kappa shape index (κ2) is 3.54. The molecule has 0 amide bonds. The van der Waals surface area contributed by atoms with Gasteiger partial charge in [-0.05, 0) is 31.9 Å². The normalized spacial score (nSPS) is 21.4. The SMILES string of the molecule is CC(NC1CC1)C(C)c1ccco1. The lowest BCUT2D eigenvalue weighted by atomic mass is 10.0. The molecule has 2 heteroatoms. The summed E-state index contributed by atoms with van der Waals surface area (Å²) in [5.41, 5.74) is 0. The van der Waals surface area contributed by atoms with E-state index in [2.05, 4.69) is 25.2 Å². The van der Waals surface area contributed by atoms with Crippen LogP contribution in [-0.2, 0) is 0 Å². The van der Waals surface area contributed by atoms with Gasteiger partial charge in [0.2, 0.25) is 0 Å². The minimum Gasteiger partial charge on any atom is -0.469 e. The Morgan fingerprint density at radius 1 is 1.46 bits per heavy atom. The van der Waals surface area contributed by atoms with Crippen molar-refractivity contribution in [1.82, 2.24) is 5.32 Å². The van der Waals surface area contributed by atoms with Gasteiger partial charge in [-0.2, -0.15) is 0 Å². The molecule has 1 aliphatic rings. The van der Waals surface area contributed by atoms with Crippen molar-refractivity contribution in [2.75, 3.05) is 0 Å². The predicted molar refractivity (Wildman–Crippen MR) is 52.7 cm³/mol. The summed E-state index contributed by atoms with van der Waals surface area (Å²) in [7, 11) is 0. The third-order valence-corrected chi connectivity index (χ3v) is 2.82. The van der Waals surface area contributed by atoms with E-state index < -0.39 is 0 Å². The lowest BCUT2D eigenvalue weighted by molar-refractivity contribution is 0.401. The zero-order valence-electron chi connectivity index (χ0n) is 8.29. The smallest absolute Gasteiger partial charge is 0.108 e. The number of rotatable bonds is 4. The minimum atomic E-state index is 0.468. The number of nitrogens with one attached hydrogen (secondary N) is 1. The van der Waals surface area contributed by atoms with Crippen LogP contribution in [0.4, 0.5) is 0 Å². The Morgan fingerprint density at radius 3 is 2.77 bits per heavy atom. The van der Waals surface area contributed by atoms with Crippen LogP contribution >= 0.6 is 0 Å². The summed E-state index contributed by atoms with van der Waals surface area (Å²) in [5, 5.41) is 3.58. The highest BCUT2D eigenvalue weighted by atomic mass is 16.3. The first kappa shape index (κ1) is 8.82. The van der Waals surface area contributed by atoms with Gasteiger partial charge in [0, 0.05) is 18.0 Å². The molecule has 2 unspecified atom stereocenters. The monoisotopic (exact) mass is 179 g/mol. The summed E-state index contributed by atoms with van der Waals surface area (Å²) in [6.45, 7) is 4.43. The van der Waals surface area contributed by atoms with Crippen LogP contribution in [0.1, 0.15) is 38.4 Å². The van der Waals surface area contributed by atoms with Gasteiger partial charge >= 0.3 is 0 Å². The summed E-state index contributed by atoms with van der Waals surface area (Å²) in [6.07, 6.45) is 4.43. The lowest BCUT2D eigenvalue weighted by Crippen LogP contribution is -2.32. The second-order valence-electron chi connectivity index (χ2n) is 4.03. The molecule has 0 aliphatic heterocycles. The van der Waals surface area contributed by atoms with E-state index in [1.807, 2.05) is 6.07 Å². The van der Waals surface area contributed by atoms with Crippen molar-refractivity contribution >= 4 is 0 Å². The highest BCUT2D eigenvalue weighted by Crippen LogP contribution is 2.24. The van der Waals surface area contributed by atoms with Gasteiger partial charge in [0.25, 0.3) is 0 Å². The molecule has 0 aromatic carbocycles. The van der Waals surface area contributed by atoms with Crippen LogP contribution < -0.4 is 5.32 Å². The Hall–Kier alpha value is -0.760. The van der Waals surface area contributed by atoms with Crippen LogP contribution in [0.15, 0.2) is 22.8 Å².